The first kappa shape index (κ1) is 12.9. The molecule has 1 atom stereocenters. The van der Waals surface area contributed by atoms with Crippen LogP contribution in [0.2, 0.25) is 0 Å². The standard InChI is InChI=1S/C9H20N2O3S/c1-8(14-2)7-11-15(12,13)6-5-10-9-3-4-9/h8-11H,3-7H2,1-2H3. The van der Waals surface area contributed by atoms with Crippen molar-refractivity contribution in [3.8, 4) is 0 Å². The molecule has 6 heteroatoms. The van der Waals surface area contributed by atoms with E-state index >= 15 is 0 Å². The van der Waals surface area contributed by atoms with E-state index in [0.29, 0.717) is 19.1 Å². The van der Waals surface area contributed by atoms with Crippen molar-refractivity contribution < 1.29 is 13.2 Å². The number of rotatable bonds is 8. The maximum Gasteiger partial charge on any atom is 0.212 e. The molecule has 1 unspecified atom stereocenters. The van der Waals surface area contributed by atoms with Gasteiger partial charge in [0.2, 0.25) is 10.0 Å². The molecule has 1 rings (SSSR count). The summed E-state index contributed by atoms with van der Waals surface area (Å²) in [5.41, 5.74) is 0. The monoisotopic (exact) mass is 236 g/mol. The summed E-state index contributed by atoms with van der Waals surface area (Å²) >= 11 is 0. The summed E-state index contributed by atoms with van der Waals surface area (Å²) in [4.78, 5) is 0. The Morgan fingerprint density at radius 3 is 2.67 bits per heavy atom. The minimum Gasteiger partial charge on any atom is -0.380 e. The topological polar surface area (TPSA) is 67.4 Å². The van der Waals surface area contributed by atoms with Crippen molar-refractivity contribution in [1.82, 2.24) is 10.0 Å². The van der Waals surface area contributed by atoms with Crippen molar-refractivity contribution in [3.63, 3.8) is 0 Å². The van der Waals surface area contributed by atoms with Crippen LogP contribution in [-0.2, 0) is 14.8 Å². The third kappa shape index (κ3) is 6.09. The van der Waals surface area contributed by atoms with Crippen LogP contribution in [0.1, 0.15) is 19.8 Å². The van der Waals surface area contributed by atoms with Gasteiger partial charge in [0.1, 0.15) is 0 Å². The highest BCUT2D eigenvalue weighted by molar-refractivity contribution is 7.89. The second kappa shape index (κ2) is 5.79. The maximum atomic E-state index is 11.4. The van der Waals surface area contributed by atoms with Gasteiger partial charge in [-0.3, -0.25) is 0 Å². The summed E-state index contributed by atoms with van der Waals surface area (Å²) in [5.74, 6) is 0.139. The lowest BCUT2D eigenvalue weighted by molar-refractivity contribution is 0.122. The molecule has 1 fully saturated rings. The number of hydrogen-bond acceptors (Lipinski definition) is 4. The van der Waals surface area contributed by atoms with Crippen molar-refractivity contribution in [2.24, 2.45) is 0 Å². The number of nitrogens with one attached hydrogen (secondary N) is 2. The Labute approximate surface area is 91.6 Å². The zero-order chi connectivity index (χ0) is 11.3. The average molecular weight is 236 g/mol. The van der Waals surface area contributed by atoms with Crippen molar-refractivity contribution in [3.05, 3.63) is 0 Å². The predicted octanol–water partition coefficient (Wildman–Crippen LogP) is -0.307. The maximum absolute atomic E-state index is 11.4. The van der Waals surface area contributed by atoms with Crippen molar-refractivity contribution in [2.45, 2.75) is 31.9 Å². The smallest absolute Gasteiger partial charge is 0.212 e. The molecular weight excluding hydrogens is 216 g/mol. The number of methoxy groups -OCH3 is 1. The summed E-state index contributed by atoms with van der Waals surface area (Å²) in [6.07, 6.45) is 2.26. The van der Waals surface area contributed by atoms with E-state index in [4.69, 9.17) is 4.74 Å². The van der Waals surface area contributed by atoms with Gasteiger partial charge in [-0.25, -0.2) is 13.1 Å². The summed E-state index contributed by atoms with van der Waals surface area (Å²) in [5, 5.41) is 3.16. The van der Waals surface area contributed by atoms with E-state index in [9.17, 15) is 8.42 Å². The molecule has 0 heterocycles. The molecule has 0 saturated heterocycles. The molecule has 90 valence electrons. The zero-order valence-electron chi connectivity index (χ0n) is 9.32. The van der Waals surface area contributed by atoms with Crippen LogP contribution in [0.25, 0.3) is 0 Å². The van der Waals surface area contributed by atoms with Crippen LogP contribution >= 0.6 is 0 Å². The molecule has 0 aliphatic heterocycles. The predicted molar refractivity (Wildman–Crippen MR) is 59.3 cm³/mol. The van der Waals surface area contributed by atoms with Gasteiger partial charge in [0.15, 0.2) is 0 Å². The highest BCUT2D eigenvalue weighted by atomic mass is 32.2. The lowest BCUT2D eigenvalue weighted by atomic mass is 10.4. The second-order valence-corrected chi connectivity index (χ2v) is 5.87. The molecule has 0 aromatic carbocycles. The van der Waals surface area contributed by atoms with Gasteiger partial charge >= 0.3 is 0 Å². The highest BCUT2D eigenvalue weighted by Crippen LogP contribution is 2.17. The summed E-state index contributed by atoms with van der Waals surface area (Å²) < 4.78 is 30.4. The first-order valence-corrected chi connectivity index (χ1v) is 6.92. The Kier molecular flexibility index (Phi) is 4.98. The minimum atomic E-state index is -3.15. The van der Waals surface area contributed by atoms with Gasteiger partial charge in [0.05, 0.1) is 11.9 Å². The Bertz CT molecular complexity index is 275. The Balaban J connectivity index is 2.12. The number of hydrogen-bond donors (Lipinski definition) is 2. The first-order valence-electron chi connectivity index (χ1n) is 5.27. The Morgan fingerprint density at radius 1 is 1.47 bits per heavy atom. The number of ether oxygens (including phenoxy) is 1. The Morgan fingerprint density at radius 2 is 2.13 bits per heavy atom. The van der Waals surface area contributed by atoms with Crippen LogP contribution in [0.5, 0.6) is 0 Å². The number of sulfonamides is 1. The van der Waals surface area contributed by atoms with Crippen LogP contribution in [0.15, 0.2) is 0 Å². The van der Waals surface area contributed by atoms with E-state index in [0.717, 1.165) is 0 Å². The Hall–Kier alpha value is -0.170. The molecule has 0 radical (unpaired) electrons. The molecule has 2 N–H and O–H groups in total. The molecule has 0 spiro atoms. The third-order valence-electron chi connectivity index (χ3n) is 2.37. The summed E-state index contributed by atoms with van der Waals surface area (Å²) in [6.45, 7) is 2.69. The fourth-order valence-electron chi connectivity index (χ4n) is 1.08. The third-order valence-corrected chi connectivity index (χ3v) is 3.72. The highest BCUT2D eigenvalue weighted by Gasteiger charge is 2.21. The normalized spacial score (nSPS) is 19.1. The second-order valence-electron chi connectivity index (χ2n) is 3.94. The molecule has 1 aliphatic carbocycles. The van der Waals surface area contributed by atoms with E-state index in [1.165, 1.54) is 12.8 Å². The van der Waals surface area contributed by atoms with Gasteiger partial charge in [0.25, 0.3) is 0 Å². The van der Waals surface area contributed by atoms with Crippen LogP contribution in [0.4, 0.5) is 0 Å². The molecule has 0 aromatic heterocycles. The van der Waals surface area contributed by atoms with Crippen LogP contribution < -0.4 is 10.0 Å². The van der Waals surface area contributed by atoms with Gasteiger partial charge in [-0.1, -0.05) is 0 Å². The summed E-state index contributed by atoms with van der Waals surface area (Å²) in [6, 6.07) is 0.554. The van der Waals surface area contributed by atoms with E-state index in [1.807, 2.05) is 6.92 Å². The van der Waals surface area contributed by atoms with Crippen LogP contribution in [0, 0.1) is 0 Å². The molecular formula is C9H20N2O3S. The van der Waals surface area contributed by atoms with Gasteiger partial charge < -0.3 is 10.1 Å². The zero-order valence-corrected chi connectivity index (χ0v) is 10.1. The molecule has 0 amide bonds. The van der Waals surface area contributed by atoms with E-state index in [2.05, 4.69) is 10.0 Å². The van der Waals surface area contributed by atoms with Crippen molar-refractivity contribution in [2.75, 3.05) is 26.0 Å². The largest absolute Gasteiger partial charge is 0.380 e. The first-order chi connectivity index (χ1) is 7.03. The van der Waals surface area contributed by atoms with Gasteiger partial charge in [0, 0.05) is 26.2 Å². The minimum absolute atomic E-state index is 0.0869. The van der Waals surface area contributed by atoms with Gasteiger partial charge in [-0.2, -0.15) is 0 Å². The lowest BCUT2D eigenvalue weighted by Crippen LogP contribution is -2.36. The fraction of sp³-hybridized carbons (Fsp3) is 1.00. The SMILES string of the molecule is COC(C)CNS(=O)(=O)CCNC1CC1. The molecule has 15 heavy (non-hydrogen) atoms. The van der Waals surface area contributed by atoms with E-state index < -0.39 is 10.0 Å². The summed E-state index contributed by atoms with van der Waals surface area (Å²) in [7, 11) is -1.58. The van der Waals surface area contributed by atoms with Crippen molar-refractivity contribution in [1.29, 1.82) is 0 Å². The molecule has 1 aliphatic rings. The van der Waals surface area contributed by atoms with Crippen molar-refractivity contribution >= 4 is 10.0 Å². The van der Waals surface area contributed by atoms with Crippen LogP contribution in [0.3, 0.4) is 0 Å². The van der Waals surface area contributed by atoms with Gasteiger partial charge in [-0.15, -0.1) is 0 Å². The van der Waals surface area contributed by atoms with Gasteiger partial charge in [-0.05, 0) is 19.8 Å². The molecule has 0 aromatic rings. The quantitative estimate of drug-likeness (QED) is 0.607. The molecule has 0 bridgehead atoms. The van der Waals surface area contributed by atoms with E-state index in [1.54, 1.807) is 7.11 Å². The molecule has 1 saturated carbocycles. The molecule has 5 nitrogen and oxygen atoms in total. The van der Waals surface area contributed by atoms with E-state index in [-0.39, 0.29) is 11.9 Å². The fourth-order valence-corrected chi connectivity index (χ4v) is 2.10. The average Bonchev–Trinajstić information content (AvgIpc) is 2.98. The lowest BCUT2D eigenvalue weighted by Gasteiger charge is -2.11. The van der Waals surface area contributed by atoms with Crippen LogP contribution in [-0.4, -0.2) is 46.5 Å².